The van der Waals surface area contributed by atoms with Crippen LogP contribution in [0.1, 0.15) is 24.0 Å². The first kappa shape index (κ1) is 12.9. The maximum atomic E-state index is 11.7. The van der Waals surface area contributed by atoms with Crippen LogP contribution < -0.4 is 16.0 Å². The van der Waals surface area contributed by atoms with E-state index in [-0.39, 0.29) is 5.91 Å². The van der Waals surface area contributed by atoms with Gasteiger partial charge < -0.3 is 16.0 Å². The first-order valence-electron chi connectivity index (χ1n) is 6.40. The molecular weight excluding hydrogens is 226 g/mol. The lowest BCUT2D eigenvalue weighted by molar-refractivity contribution is -0.119. The topological polar surface area (TPSA) is 58.4 Å². The van der Waals surface area contributed by atoms with E-state index in [0.29, 0.717) is 19.1 Å². The van der Waals surface area contributed by atoms with Gasteiger partial charge in [0.1, 0.15) is 0 Å². The summed E-state index contributed by atoms with van der Waals surface area (Å²) in [4.78, 5) is 13.7. The molecule has 0 spiro atoms. The summed E-state index contributed by atoms with van der Waals surface area (Å²) in [6.07, 6.45) is 2.25. The van der Waals surface area contributed by atoms with Gasteiger partial charge in [0, 0.05) is 25.3 Å². The Morgan fingerprint density at radius 1 is 1.50 bits per heavy atom. The van der Waals surface area contributed by atoms with Crippen molar-refractivity contribution in [3.8, 4) is 0 Å². The molecule has 1 aliphatic rings. The van der Waals surface area contributed by atoms with Crippen molar-refractivity contribution in [1.82, 2.24) is 5.32 Å². The number of aryl methyl sites for hydroxylation is 1. The summed E-state index contributed by atoms with van der Waals surface area (Å²) in [5, 5.41) is 2.99. The zero-order valence-electron chi connectivity index (χ0n) is 11.1. The minimum absolute atomic E-state index is 0.0977. The van der Waals surface area contributed by atoms with Gasteiger partial charge in [-0.25, -0.2) is 0 Å². The molecule has 0 aromatic heterocycles. The fourth-order valence-corrected chi connectivity index (χ4v) is 1.95. The van der Waals surface area contributed by atoms with Crippen molar-refractivity contribution in [1.29, 1.82) is 0 Å². The minimum Gasteiger partial charge on any atom is -0.365 e. The highest BCUT2D eigenvalue weighted by Gasteiger charge is 2.23. The van der Waals surface area contributed by atoms with Crippen LogP contribution in [0.25, 0.3) is 0 Å². The third kappa shape index (κ3) is 3.23. The summed E-state index contributed by atoms with van der Waals surface area (Å²) in [5.41, 5.74) is 9.01. The molecule has 4 nitrogen and oxygen atoms in total. The second kappa shape index (κ2) is 5.40. The van der Waals surface area contributed by atoms with Gasteiger partial charge in [-0.15, -0.1) is 0 Å². The maximum Gasteiger partial charge on any atom is 0.239 e. The van der Waals surface area contributed by atoms with Gasteiger partial charge in [-0.1, -0.05) is 6.07 Å². The van der Waals surface area contributed by atoms with Crippen LogP contribution in [0.5, 0.6) is 0 Å². The monoisotopic (exact) mass is 247 g/mol. The SMILES string of the molecule is Cc1cc(N(C)CC(=O)NC2CC2)ccc1CN. The summed E-state index contributed by atoms with van der Waals surface area (Å²) in [6, 6.07) is 6.54. The van der Waals surface area contributed by atoms with E-state index in [9.17, 15) is 4.79 Å². The number of amides is 1. The van der Waals surface area contributed by atoms with E-state index in [1.165, 1.54) is 5.56 Å². The van der Waals surface area contributed by atoms with Crippen molar-refractivity contribution in [2.24, 2.45) is 5.73 Å². The van der Waals surface area contributed by atoms with Gasteiger partial charge in [0.15, 0.2) is 0 Å². The molecule has 0 heterocycles. The number of hydrogen-bond acceptors (Lipinski definition) is 3. The van der Waals surface area contributed by atoms with Crippen molar-refractivity contribution in [3.63, 3.8) is 0 Å². The third-order valence-electron chi connectivity index (χ3n) is 3.31. The van der Waals surface area contributed by atoms with Gasteiger partial charge in [-0.3, -0.25) is 4.79 Å². The average molecular weight is 247 g/mol. The largest absolute Gasteiger partial charge is 0.365 e. The standard InChI is InChI=1S/C14H21N3O/c1-10-7-13(6-3-11(10)8-15)17(2)9-14(18)16-12-4-5-12/h3,6-7,12H,4-5,8-9,15H2,1-2H3,(H,16,18). The third-order valence-corrected chi connectivity index (χ3v) is 3.31. The number of nitrogens with two attached hydrogens (primary N) is 1. The predicted molar refractivity (Wildman–Crippen MR) is 73.5 cm³/mol. The number of carbonyl (C=O) groups is 1. The van der Waals surface area contributed by atoms with Gasteiger partial charge in [0.05, 0.1) is 6.54 Å². The van der Waals surface area contributed by atoms with Crippen LogP contribution in [-0.2, 0) is 11.3 Å². The van der Waals surface area contributed by atoms with Crippen molar-refractivity contribution in [3.05, 3.63) is 29.3 Å². The normalized spacial score (nSPS) is 14.4. The fourth-order valence-electron chi connectivity index (χ4n) is 1.95. The maximum absolute atomic E-state index is 11.7. The number of likely N-dealkylation sites (N-methyl/N-ethyl adjacent to an activating group) is 1. The summed E-state index contributed by atoms with van der Waals surface area (Å²) in [7, 11) is 1.93. The molecule has 0 bridgehead atoms. The molecule has 0 unspecified atom stereocenters. The highest BCUT2D eigenvalue weighted by Crippen LogP contribution is 2.20. The Balaban J connectivity index is 1.96. The molecule has 0 radical (unpaired) electrons. The first-order chi connectivity index (χ1) is 8.60. The summed E-state index contributed by atoms with van der Waals surface area (Å²) in [5.74, 6) is 0.0977. The van der Waals surface area contributed by atoms with Crippen LogP contribution >= 0.6 is 0 Å². The molecule has 1 aromatic carbocycles. The second-order valence-electron chi connectivity index (χ2n) is 5.01. The van der Waals surface area contributed by atoms with Gasteiger partial charge in [0.2, 0.25) is 5.91 Å². The summed E-state index contributed by atoms with van der Waals surface area (Å²) < 4.78 is 0. The molecule has 98 valence electrons. The van der Waals surface area contributed by atoms with Crippen molar-refractivity contribution in [2.75, 3.05) is 18.5 Å². The van der Waals surface area contributed by atoms with E-state index in [1.807, 2.05) is 31.0 Å². The first-order valence-corrected chi connectivity index (χ1v) is 6.40. The van der Waals surface area contributed by atoms with Gasteiger partial charge in [-0.05, 0) is 43.0 Å². The Hall–Kier alpha value is -1.55. The van der Waals surface area contributed by atoms with Crippen LogP contribution in [0.2, 0.25) is 0 Å². The van der Waals surface area contributed by atoms with Crippen LogP contribution in [0.15, 0.2) is 18.2 Å². The number of nitrogens with one attached hydrogen (secondary N) is 1. The van der Waals surface area contributed by atoms with Crippen LogP contribution in [0, 0.1) is 6.92 Å². The molecule has 0 aliphatic heterocycles. The number of nitrogens with zero attached hydrogens (tertiary/aromatic N) is 1. The predicted octanol–water partition coefficient (Wildman–Crippen LogP) is 1.17. The molecule has 4 heteroatoms. The van der Waals surface area contributed by atoms with Gasteiger partial charge >= 0.3 is 0 Å². The number of anilines is 1. The summed E-state index contributed by atoms with van der Waals surface area (Å²) in [6.45, 7) is 3.00. The molecule has 1 fully saturated rings. The van der Waals surface area contributed by atoms with E-state index in [0.717, 1.165) is 24.1 Å². The van der Waals surface area contributed by atoms with Gasteiger partial charge in [0.25, 0.3) is 0 Å². The number of hydrogen-bond donors (Lipinski definition) is 2. The molecular formula is C14H21N3O. The van der Waals surface area contributed by atoms with Crippen LogP contribution in [0.3, 0.4) is 0 Å². The lowest BCUT2D eigenvalue weighted by Gasteiger charge is -2.20. The molecule has 0 saturated heterocycles. The lowest BCUT2D eigenvalue weighted by atomic mass is 10.1. The van der Waals surface area contributed by atoms with Crippen LogP contribution in [0.4, 0.5) is 5.69 Å². The molecule has 0 atom stereocenters. The quantitative estimate of drug-likeness (QED) is 0.821. The van der Waals surface area contributed by atoms with E-state index in [2.05, 4.69) is 11.4 Å². The Labute approximate surface area is 108 Å². The summed E-state index contributed by atoms with van der Waals surface area (Å²) >= 11 is 0. The highest BCUT2D eigenvalue weighted by atomic mass is 16.2. The Bertz CT molecular complexity index is 441. The fraction of sp³-hybridized carbons (Fsp3) is 0.500. The Morgan fingerprint density at radius 2 is 2.22 bits per heavy atom. The van der Waals surface area contributed by atoms with Crippen molar-refractivity contribution >= 4 is 11.6 Å². The van der Waals surface area contributed by atoms with E-state index in [4.69, 9.17) is 5.73 Å². The Morgan fingerprint density at radius 3 is 2.78 bits per heavy atom. The van der Waals surface area contributed by atoms with E-state index < -0.39 is 0 Å². The number of rotatable bonds is 5. The molecule has 1 saturated carbocycles. The molecule has 1 aliphatic carbocycles. The molecule has 1 amide bonds. The minimum atomic E-state index is 0.0977. The Kier molecular flexibility index (Phi) is 3.87. The second-order valence-corrected chi connectivity index (χ2v) is 5.01. The number of carbonyl (C=O) groups excluding carboxylic acids is 1. The van der Waals surface area contributed by atoms with Crippen LogP contribution in [-0.4, -0.2) is 25.5 Å². The lowest BCUT2D eigenvalue weighted by Crippen LogP contribution is -2.36. The molecule has 2 rings (SSSR count). The van der Waals surface area contributed by atoms with Crippen molar-refractivity contribution in [2.45, 2.75) is 32.4 Å². The van der Waals surface area contributed by atoms with E-state index in [1.54, 1.807) is 0 Å². The molecule has 3 N–H and O–H groups in total. The van der Waals surface area contributed by atoms with E-state index >= 15 is 0 Å². The molecule has 1 aromatic rings. The number of benzene rings is 1. The zero-order valence-corrected chi connectivity index (χ0v) is 11.1. The van der Waals surface area contributed by atoms with Gasteiger partial charge in [-0.2, -0.15) is 0 Å². The molecule has 18 heavy (non-hydrogen) atoms. The van der Waals surface area contributed by atoms with Crippen molar-refractivity contribution < 1.29 is 4.79 Å². The highest BCUT2D eigenvalue weighted by molar-refractivity contribution is 5.81. The average Bonchev–Trinajstić information content (AvgIpc) is 3.12. The zero-order chi connectivity index (χ0) is 13.1. The smallest absolute Gasteiger partial charge is 0.239 e.